The van der Waals surface area contributed by atoms with Crippen molar-refractivity contribution in [1.29, 1.82) is 10.5 Å². The largest absolute Gasteiger partial charge is 0.389 e. The van der Waals surface area contributed by atoms with Gasteiger partial charge in [0.25, 0.3) is 0 Å². The molecule has 7 nitrogen and oxygen atoms in total. The summed E-state index contributed by atoms with van der Waals surface area (Å²) in [6.45, 7) is 1.32. The zero-order chi connectivity index (χ0) is 15.4. The molecule has 1 amide bonds. The highest BCUT2D eigenvalue weighted by Crippen LogP contribution is 1.98. The number of hydrogen-bond acceptors (Lipinski definition) is 6. The molecule has 112 valence electrons. The minimum absolute atomic E-state index is 0.137. The van der Waals surface area contributed by atoms with E-state index in [0.717, 1.165) is 0 Å². The number of carbonyl (C=O) groups excluding carboxylic acids is 1. The van der Waals surface area contributed by atoms with Gasteiger partial charge in [0, 0.05) is 26.7 Å². The van der Waals surface area contributed by atoms with Gasteiger partial charge in [-0.3, -0.25) is 9.69 Å². The van der Waals surface area contributed by atoms with E-state index in [9.17, 15) is 9.90 Å². The molecule has 7 heteroatoms. The van der Waals surface area contributed by atoms with E-state index in [1.54, 1.807) is 11.9 Å². The van der Waals surface area contributed by atoms with Gasteiger partial charge >= 0.3 is 0 Å². The molecule has 1 unspecified atom stereocenters. The van der Waals surface area contributed by atoms with Gasteiger partial charge < -0.3 is 14.7 Å². The second-order valence-corrected chi connectivity index (χ2v) is 4.50. The third kappa shape index (κ3) is 8.44. The molecule has 0 fully saturated rings. The summed E-state index contributed by atoms with van der Waals surface area (Å²) in [5.41, 5.74) is 0. The molecular formula is C13H22N4O3. The van der Waals surface area contributed by atoms with Crippen LogP contribution in [0.5, 0.6) is 0 Å². The number of aliphatic hydroxyl groups excluding tert-OH is 1. The SMILES string of the molecule is COCC(O)CN(C)CC(=O)N(CCC#N)CCC#N. The molecule has 0 aliphatic carbocycles. The second-order valence-electron chi connectivity index (χ2n) is 4.50. The number of methoxy groups -OCH3 is 1. The van der Waals surface area contributed by atoms with Crippen LogP contribution in [-0.4, -0.2) is 73.9 Å². The van der Waals surface area contributed by atoms with Crippen molar-refractivity contribution < 1.29 is 14.6 Å². The maximum absolute atomic E-state index is 12.1. The number of likely N-dealkylation sites (N-methyl/N-ethyl adjacent to an activating group) is 1. The van der Waals surface area contributed by atoms with Crippen molar-refractivity contribution in [1.82, 2.24) is 9.80 Å². The van der Waals surface area contributed by atoms with E-state index in [1.807, 2.05) is 12.1 Å². The average Bonchev–Trinajstić information content (AvgIpc) is 2.38. The molecule has 0 aromatic heterocycles. The zero-order valence-electron chi connectivity index (χ0n) is 12.1. The quantitative estimate of drug-likeness (QED) is 0.584. The van der Waals surface area contributed by atoms with Crippen LogP contribution in [0, 0.1) is 22.7 Å². The lowest BCUT2D eigenvalue weighted by Crippen LogP contribution is -2.42. The molecule has 0 aromatic rings. The molecule has 0 saturated heterocycles. The number of carbonyl (C=O) groups is 1. The summed E-state index contributed by atoms with van der Waals surface area (Å²) in [6.07, 6.45) is -0.162. The van der Waals surface area contributed by atoms with E-state index >= 15 is 0 Å². The smallest absolute Gasteiger partial charge is 0.236 e. The molecule has 0 aliphatic rings. The molecular weight excluding hydrogens is 260 g/mol. The van der Waals surface area contributed by atoms with Crippen molar-refractivity contribution in [2.24, 2.45) is 0 Å². The molecule has 0 saturated carbocycles. The second kappa shape index (κ2) is 11.2. The number of rotatable bonds is 10. The Hall–Kier alpha value is -1.67. The lowest BCUT2D eigenvalue weighted by atomic mass is 10.3. The lowest BCUT2D eigenvalue weighted by Gasteiger charge is -2.25. The molecule has 0 aliphatic heterocycles. The number of amides is 1. The predicted octanol–water partition coefficient (Wildman–Crippen LogP) is -0.419. The van der Waals surface area contributed by atoms with Crippen molar-refractivity contribution in [3.05, 3.63) is 0 Å². The van der Waals surface area contributed by atoms with Crippen molar-refractivity contribution in [3.8, 4) is 12.1 Å². The third-order valence-electron chi connectivity index (χ3n) is 2.63. The molecule has 20 heavy (non-hydrogen) atoms. The number of nitriles is 2. The number of hydrogen-bond donors (Lipinski definition) is 1. The Morgan fingerprint density at radius 2 is 1.85 bits per heavy atom. The van der Waals surface area contributed by atoms with Crippen LogP contribution in [0.4, 0.5) is 0 Å². The highest BCUT2D eigenvalue weighted by molar-refractivity contribution is 5.78. The highest BCUT2D eigenvalue weighted by Gasteiger charge is 2.16. The van der Waals surface area contributed by atoms with Crippen LogP contribution in [0.3, 0.4) is 0 Å². The Bertz CT molecular complexity index is 344. The summed E-state index contributed by atoms with van der Waals surface area (Å²) >= 11 is 0. The third-order valence-corrected chi connectivity index (χ3v) is 2.63. The first-order valence-corrected chi connectivity index (χ1v) is 6.42. The fourth-order valence-electron chi connectivity index (χ4n) is 1.73. The first kappa shape index (κ1) is 18.3. The van der Waals surface area contributed by atoms with Crippen LogP contribution in [0.1, 0.15) is 12.8 Å². The summed E-state index contributed by atoms with van der Waals surface area (Å²) in [5, 5.41) is 26.7. The molecule has 0 radical (unpaired) electrons. The topological polar surface area (TPSA) is 101 Å². The van der Waals surface area contributed by atoms with Gasteiger partial charge in [-0.15, -0.1) is 0 Å². The average molecular weight is 282 g/mol. The van der Waals surface area contributed by atoms with Crippen molar-refractivity contribution in [2.45, 2.75) is 18.9 Å². The number of aliphatic hydroxyl groups is 1. The highest BCUT2D eigenvalue weighted by atomic mass is 16.5. The predicted molar refractivity (Wildman–Crippen MR) is 72.4 cm³/mol. The van der Waals surface area contributed by atoms with Crippen LogP contribution < -0.4 is 0 Å². The van der Waals surface area contributed by atoms with Gasteiger partial charge in [0.1, 0.15) is 0 Å². The van der Waals surface area contributed by atoms with Crippen LogP contribution in [0.15, 0.2) is 0 Å². The minimum Gasteiger partial charge on any atom is -0.389 e. The fourth-order valence-corrected chi connectivity index (χ4v) is 1.73. The van der Waals surface area contributed by atoms with Crippen LogP contribution in [0.2, 0.25) is 0 Å². The molecule has 0 spiro atoms. The first-order valence-electron chi connectivity index (χ1n) is 6.42. The van der Waals surface area contributed by atoms with Crippen molar-refractivity contribution >= 4 is 5.91 Å². The number of ether oxygens (including phenoxy) is 1. The lowest BCUT2D eigenvalue weighted by molar-refractivity contribution is -0.132. The Kier molecular flexibility index (Phi) is 10.2. The summed E-state index contributed by atoms with van der Waals surface area (Å²) in [4.78, 5) is 15.3. The summed E-state index contributed by atoms with van der Waals surface area (Å²) in [6, 6.07) is 3.97. The van der Waals surface area contributed by atoms with E-state index in [1.165, 1.54) is 12.0 Å². The summed E-state index contributed by atoms with van der Waals surface area (Å²) < 4.78 is 4.82. The van der Waals surface area contributed by atoms with Crippen molar-refractivity contribution in [2.75, 3.05) is 46.9 Å². The Morgan fingerprint density at radius 1 is 1.30 bits per heavy atom. The standard InChI is InChI=1S/C13H22N4O3/c1-16(9-12(18)11-20-2)10-13(19)17(7-3-5-14)8-4-6-15/h12,18H,3-4,7-11H2,1-2H3. The van der Waals surface area contributed by atoms with Crippen molar-refractivity contribution in [3.63, 3.8) is 0 Å². The normalized spacial score (nSPS) is 11.7. The van der Waals surface area contributed by atoms with Gasteiger partial charge in [0.15, 0.2) is 0 Å². The maximum atomic E-state index is 12.1. The van der Waals surface area contributed by atoms with Gasteiger partial charge in [-0.2, -0.15) is 10.5 Å². The van der Waals surface area contributed by atoms with E-state index < -0.39 is 6.10 Å². The minimum atomic E-state index is -0.649. The first-order chi connectivity index (χ1) is 9.54. The molecule has 0 aromatic carbocycles. The summed E-state index contributed by atoms with van der Waals surface area (Å²) in [7, 11) is 3.23. The molecule has 0 heterocycles. The Balaban J connectivity index is 4.28. The van der Waals surface area contributed by atoms with E-state index in [2.05, 4.69) is 0 Å². The molecule has 0 rings (SSSR count). The Morgan fingerprint density at radius 3 is 2.30 bits per heavy atom. The number of nitrogens with zero attached hydrogens (tertiary/aromatic N) is 4. The van der Waals surface area contributed by atoms with E-state index in [0.29, 0.717) is 19.6 Å². The van der Waals surface area contributed by atoms with Crippen LogP contribution in [-0.2, 0) is 9.53 Å². The zero-order valence-corrected chi connectivity index (χ0v) is 12.1. The van der Waals surface area contributed by atoms with Gasteiger partial charge in [-0.05, 0) is 7.05 Å². The van der Waals surface area contributed by atoms with Gasteiger partial charge in [0.05, 0.1) is 44.2 Å². The molecule has 0 bridgehead atoms. The molecule has 1 atom stereocenters. The Labute approximate surface area is 119 Å². The van der Waals surface area contributed by atoms with Crippen LogP contribution >= 0.6 is 0 Å². The van der Waals surface area contributed by atoms with Gasteiger partial charge in [0.2, 0.25) is 5.91 Å². The van der Waals surface area contributed by atoms with Crippen LogP contribution in [0.25, 0.3) is 0 Å². The van der Waals surface area contributed by atoms with Gasteiger partial charge in [-0.25, -0.2) is 0 Å². The van der Waals surface area contributed by atoms with Gasteiger partial charge in [-0.1, -0.05) is 0 Å². The monoisotopic (exact) mass is 282 g/mol. The fraction of sp³-hybridized carbons (Fsp3) is 0.769. The van der Waals surface area contributed by atoms with E-state index in [4.69, 9.17) is 15.3 Å². The molecule has 1 N–H and O–H groups in total. The maximum Gasteiger partial charge on any atom is 0.236 e. The van der Waals surface area contributed by atoms with E-state index in [-0.39, 0.29) is 31.9 Å². The summed E-state index contributed by atoms with van der Waals surface area (Å²) in [5.74, 6) is -0.150.